The van der Waals surface area contributed by atoms with Crippen LogP contribution in [0.5, 0.6) is 5.75 Å². The van der Waals surface area contributed by atoms with Crippen LogP contribution in [0.3, 0.4) is 0 Å². The van der Waals surface area contributed by atoms with E-state index in [9.17, 15) is 0 Å². The fourth-order valence-electron chi connectivity index (χ4n) is 1.98. The Kier molecular flexibility index (Phi) is 6.80. The van der Waals surface area contributed by atoms with Crippen LogP contribution in [-0.2, 0) is 0 Å². The first-order chi connectivity index (χ1) is 9.44. The van der Waals surface area contributed by atoms with Gasteiger partial charge < -0.3 is 10.1 Å². The number of allylic oxidation sites excluding steroid dienone is 1. The van der Waals surface area contributed by atoms with E-state index in [2.05, 4.69) is 64.2 Å². The van der Waals surface area contributed by atoms with Crippen molar-refractivity contribution in [3.8, 4) is 5.75 Å². The van der Waals surface area contributed by atoms with Crippen LogP contribution in [0.1, 0.15) is 53.0 Å². The van der Waals surface area contributed by atoms with Gasteiger partial charge in [-0.1, -0.05) is 31.2 Å². The van der Waals surface area contributed by atoms with Crippen molar-refractivity contribution in [1.29, 1.82) is 0 Å². The Hall–Kier alpha value is -1.28. The van der Waals surface area contributed by atoms with Gasteiger partial charge in [-0.25, -0.2) is 0 Å². The zero-order valence-electron chi connectivity index (χ0n) is 13.6. The Bertz CT molecular complexity index is 429. The van der Waals surface area contributed by atoms with Crippen molar-refractivity contribution < 1.29 is 4.74 Å². The number of ether oxygens (including phenoxy) is 1. The molecule has 1 N–H and O–H groups in total. The van der Waals surface area contributed by atoms with Gasteiger partial charge in [-0.3, -0.25) is 0 Å². The lowest BCUT2D eigenvalue weighted by Crippen LogP contribution is -2.36. The number of hydrogen-bond acceptors (Lipinski definition) is 2. The minimum absolute atomic E-state index is 0.184. The van der Waals surface area contributed by atoms with Gasteiger partial charge in [-0.05, 0) is 58.7 Å². The third kappa shape index (κ3) is 6.25. The van der Waals surface area contributed by atoms with Gasteiger partial charge in [0, 0.05) is 11.1 Å². The average Bonchev–Trinajstić information content (AvgIpc) is 2.40. The van der Waals surface area contributed by atoms with E-state index in [4.69, 9.17) is 4.74 Å². The normalized spacial score (nSPS) is 12.6. The summed E-state index contributed by atoms with van der Waals surface area (Å²) in [4.78, 5) is 0. The Morgan fingerprint density at radius 2 is 1.95 bits per heavy atom. The second kappa shape index (κ2) is 8.11. The molecule has 0 aliphatic carbocycles. The molecule has 1 aromatic carbocycles. The highest BCUT2D eigenvalue weighted by atomic mass is 16.5. The fourth-order valence-corrected chi connectivity index (χ4v) is 1.98. The number of nitrogens with one attached hydrogen (secondary N) is 1. The number of para-hydroxylation sites is 1. The Morgan fingerprint density at radius 1 is 1.25 bits per heavy atom. The quantitative estimate of drug-likeness (QED) is 0.731. The third-order valence-electron chi connectivity index (χ3n) is 3.02. The van der Waals surface area contributed by atoms with Gasteiger partial charge in [0.1, 0.15) is 5.75 Å². The molecule has 0 saturated carbocycles. The van der Waals surface area contributed by atoms with Crippen molar-refractivity contribution >= 4 is 5.57 Å². The molecule has 0 aliphatic heterocycles. The maximum atomic E-state index is 5.81. The van der Waals surface area contributed by atoms with Crippen molar-refractivity contribution in [3.05, 3.63) is 35.9 Å². The molecular formula is C18H29NO. The predicted octanol–water partition coefficient (Wildman–Crippen LogP) is 4.66. The first kappa shape index (κ1) is 16.8. The Morgan fingerprint density at radius 3 is 2.60 bits per heavy atom. The summed E-state index contributed by atoms with van der Waals surface area (Å²) in [5.74, 6) is 0.992. The summed E-state index contributed by atoms with van der Waals surface area (Å²) in [5, 5.41) is 3.50. The molecule has 20 heavy (non-hydrogen) atoms. The van der Waals surface area contributed by atoms with Crippen LogP contribution in [0.4, 0.5) is 0 Å². The van der Waals surface area contributed by atoms with Crippen LogP contribution in [0.25, 0.3) is 5.57 Å². The molecule has 2 heteroatoms. The molecule has 0 spiro atoms. The molecule has 0 unspecified atom stereocenters. The van der Waals surface area contributed by atoms with Crippen molar-refractivity contribution in [2.75, 3.05) is 13.2 Å². The van der Waals surface area contributed by atoms with E-state index >= 15 is 0 Å². The predicted molar refractivity (Wildman–Crippen MR) is 88.3 cm³/mol. The molecule has 0 aromatic heterocycles. The largest absolute Gasteiger partial charge is 0.493 e. The average molecular weight is 275 g/mol. The summed E-state index contributed by atoms with van der Waals surface area (Å²) in [6, 6.07) is 8.28. The molecule has 1 aromatic rings. The van der Waals surface area contributed by atoms with Gasteiger partial charge in [0.2, 0.25) is 0 Å². The van der Waals surface area contributed by atoms with E-state index in [1.807, 2.05) is 6.07 Å². The smallest absolute Gasteiger partial charge is 0.126 e. The van der Waals surface area contributed by atoms with Crippen LogP contribution in [-0.4, -0.2) is 18.7 Å². The van der Waals surface area contributed by atoms with E-state index in [-0.39, 0.29) is 5.54 Å². The molecular weight excluding hydrogens is 246 g/mol. The standard InChI is InChI=1S/C18H29NO/c1-6-14-20-17-12-8-7-11-16(17)15(2)10-9-13-19-18(3,4)5/h7-8,10-12,19H,6,9,13-14H2,1-5H3/b15-10+. The Labute approximate surface area is 124 Å². The van der Waals surface area contributed by atoms with Crippen LogP contribution >= 0.6 is 0 Å². The molecule has 0 bridgehead atoms. The van der Waals surface area contributed by atoms with Crippen LogP contribution in [0, 0.1) is 0 Å². The number of hydrogen-bond donors (Lipinski definition) is 1. The number of rotatable bonds is 7. The van der Waals surface area contributed by atoms with Gasteiger partial charge in [0.15, 0.2) is 0 Å². The molecule has 112 valence electrons. The highest BCUT2D eigenvalue weighted by Crippen LogP contribution is 2.26. The van der Waals surface area contributed by atoms with Crippen molar-refractivity contribution in [2.45, 2.75) is 53.0 Å². The van der Waals surface area contributed by atoms with Crippen LogP contribution in [0.15, 0.2) is 30.3 Å². The Balaban J connectivity index is 2.64. The fraction of sp³-hybridized carbons (Fsp3) is 0.556. The SMILES string of the molecule is CCCOc1ccccc1/C(C)=C/CCNC(C)(C)C. The maximum Gasteiger partial charge on any atom is 0.126 e. The van der Waals surface area contributed by atoms with E-state index in [0.717, 1.165) is 31.7 Å². The lowest BCUT2D eigenvalue weighted by atomic mass is 10.0. The molecule has 0 amide bonds. The summed E-state index contributed by atoms with van der Waals surface area (Å²) in [6.45, 7) is 12.6. The highest BCUT2D eigenvalue weighted by Gasteiger charge is 2.07. The minimum Gasteiger partial charge on any atom is -0.493 e. The molecule has 0 fully saturated rings. The van der Waals surface area contributed by atoms with E-state index in [1.165, 1.54) is 11.1 Å². The van der Waals surface area contributed by atoms with Gasteiger partial charge >= 0.3 is 0 Å². The topological polar surface area (TPSA) is 21.3 Å². The maximum absolute atomic E-state index is 5.81. The summed E-state index contributed by atoms with van der Waals surface area (Å²) in [7, 11) is 0. The first-order valence-electron chi connectivity index (χ1n) is 7.58. The summed E-state index contributed by atoms with van der Waals surface area (Å²) >= 11 is 0. The molecule has 0 atom stereocenters. The molecule has 1 rings (SSSR count). The molecule has 2 nitrogen and oxygen atoms in total. The molecule has 0 aliphatic rings. The van der Waals surface area contributed by atoms with Crippen LogP contribution in [0.2, 0.25) is 0 Å². The first-order valence-corrected chi connectivity index (χ1v) is 7.58. The summed E-state index contributed by atoms with van der Waals surface area (Å²) < 4.78 is 5.81. The van der Waals surface area contributed by atoms with E-state index in [0.29, 0.717) is 0 Å². The molecule has 0 saturated heterocycles. The van der Waals surface area contributed by atoms with E-state index < -0.39 is 0 Å². The zero-order chi connectivity index (χ0) is 15.0. The van der Waals surface area contributed by atoms with Gasteiger partial charge in [0.25, 0.3) is 0 Å². The molecule has 0 radical (unpaired) electrons. The summed E-state index contributed by atoms with van der Waals surface area (Å²) in [6.07, 6.45) is 4.35. The minimum atomic E-state index is 0.184. The van der Waals surface area contributed by atoms with Gasteiger partial charge in [-0.2, -0.15) is 0 Å². The van der Waals surface area contributed by atoms with Gasteiger partial charge in [-0.15, -0.1) is 0 Å². The lowest BCUT2D eigenvalue weighted by Gasteiger charge is -2.20. The highest BCUT2D eigenvalue weighted by molar-refractivity contribution is 5.68. The van der Waals surface area contributed by atoms with Crippen molar-refractivity contribution in [1.82, 2.24) is 5.32 Å². The van der Waals surface area contributed by atoms with Crippen molar-refractivity contribution in [3.63, 3.8) is 0 Å². The van der Waals surface area contributed by atoms with E-state index in [1.54, 1.807) is 0 Å². The third-order valence-corrected chi connectivity index (χ3v) is 3.02. The van der Waals surface area contributed by atoms with Crippen molar-refractivity contribution in [2.24, 2.45) is 0 Å². The number of benzene rings is 1. The summed E-state index contributed by atoms with van der Waals surface area (Å²) in [5.41, 5.74) is 2.67. The molecule has 0 heterocycles. The zero-order valence-corrected chi connectivity index (χ0v) is 13.6. The second-order valence-corrected chi connectivity index (χ2v) is 6.20. The van der Waals surface area contributed by atoms with Gasteiger partial charge in [0.05, 0.1) is 6.61 Å². The van der Waals surface area contributed by atoms with Crippen LogP contribution < -0.4 is 10.1 Å². The second-order valence-electron chi connectivity index (χ2n) is 6.20. The monoisotopic (exact) mass is 275 g/mol. The lowest BCUT2D eigenvalue weighted by molar-refractivity contribution is 0.316.